The van der Waals surface area contributed by atoms with Crippen LogP contribution in [0, 0.1) is 0 Å². The second kappa shape index (κ2) is 12.6. The SMILES string of the molecule is CN(C)c1ccc(C(=O)N[C@@H](CCCCNC(=O)OC(C)(C)C)C(=O)COc2ccon2)cn1. The number of alkyl carbamates (subject to hydrolysis) is 1. The van der Waals surface area contributed by atoms with Crippen molar-refractivity contribution < 1.29 is 28.4 Å². The molecule has 1 atom stereocenters. The van der Waals surface area contributed by atoms with E-state index in [0.717, 1.165) is 0 Å². The number of carbonyl (C=O) groups excluding carboxylic acids is 3. The summed E-state index contributed by atoms with van der Waals surface area (Å²) in [5.41, 5.74) is -0.234. The molecule has 2 N–H and O–H groups in total. The van der Waals surface area contributed by atoms with Crippen molar-refractivity contribution in [1.82, 2.24) is 20.8 Å². The van der Waals surface area contributed by atoms with Crippen LogP contribution in [0.1, 0.15) is 50.4 Å². The van der Waals surface area contributed by atoms with Gasteiger partial charge in [0, 0.05) is 32.9 Å². The number of rotatable bonds is 12. The summed E-state index contributed by atoms with van der Waals surface area (Å²) in [6.45, 7) is 5.48. The van der Waals surface area contributed by atoms with E-state index in [-0.39, 0.29) is 18.3 Å². The van der Waals surface area contributed by atoms with Crippen LogP contribution in [0.15, 0.2) is 35.2 Å². The van der Waals surface area contributed by atoms with Gasteiger partial charge in [-0.05, 0) is 57.3 Å². The van der Waals surface area contributed by atoms with Gasteiger partial charge in [-0.3, -0.25) is 9.59 Å². The first kappa shape index (κ1) is 26.6. The van der Waals surface area contributed by atoms with Gasteiger partial charge in [-0.2, -0.15) is 0 Å². The molecule has 2 rings (SSSR count). The third-order valence-electron chi connectivity index (χ3n) is 4.53. The molecule has 0 saturated heterocycles. The third-order valence-corrected chi connectivity index (χ3v) is 4.53. The molecule has 0 fully saturated rings. The minimum absolute atomic E-state index is 0.184. The zero-order valence-electron chi connectivity index (χ0n) is 20.3. The number of nitrogens with zero attached hydrogens (tertiary/aromatic N) is 3. The molecule has 34 heavy (non-hydrogen) atoms. The number of Topliss-reactive ketones (excluding diaryl/α,β-unsaturated/α-hetero) is 1. The van der Waals surface area contributed by atoms with E-state index < -0.39 is 23.6 Å². The number of hydrogen-bond donors (Lipinski definition) is 2. The van der Waals surface area contributed by atoms with Gasteiger partial charge in [0.05, 0.1) is 11.6 Å². The Morgan fingerprint density at radius 3 is 2.50 bits per heavy atom. The lowest BCUT2D eigenvalue weighted by molar-refractivity contribution is -0.123. The van der Waals surface area contributed by atoms with Crippen molar-refractivity contribution in [2.45, 2.75) is 51.7 Å². The molecule has 11 heteroatoms. The van der Waals surface area contributed by atoms with Crippen LogP contribution in [0.3, 0.4) is 0 Å². The summed E-state index contributed by atoms with van der Waals surface area (Å²) in [4.78, 5) is 43.3. The van der Waals surface area contributed by atoms with E-state index in [0.29, 0.717) is 37.2 Å². The van der Waals surface area contributed by atoms with Crippen LogP contribution in [0.4, 0.5) is 10.6 Å². The maximum Gasteiger partial charge on any atom is 0.407 e. The van der Waals surface area contributed by atoms with Crippen LogP contribution in [0.5, 0.6) is 5.88 Å². The fourth-order valence-corrected chi connectivity index (χ4v) is 2.84. The van der Waals surface area contributed by atoms with Gasteiger partial charge in [0.15, 0.2) is 12.4 Å². The summed E-state index contributed by atoms with van der Waals surface area (Å²) >= 11 is 0. The number of amides is 2. The minimum Gasteiger partial charge on any atom is -0.467 e. The summed E-state index contributed by atoms with van der Waals surface area (Å²) in [6.07, 6.45) is 3.84. The number of anilines is 1. The van der Waals surface area contributed by atoms with Crippen molar-refractivity contribution >= 4 is 23.6 Å². The number of hydrogen-bond acceptors (Lipinski definition) is 9. The number of ketones is 1. The average molecular weight is 476 g/mol. The molecule has 0 aliphatic heterocycles. The molecule has 0 unspecified atom stereocenters. The molecule has 11 nitrogen and oxygen atoms in total. The standard InChI is InChI=1S/C23H33N5O6/c1-23(2,3)34-22(31)24-12-7-6-8-17(18(29)15-32-20-11-13-33-27-20)26-21(30)16-9-10-19(25-14-16)28(4)5/h9-11,13-14,17H,6-8,12,15H2,1-5H3,(H,24,31)(H,26,30)/t17-/m0/s1. The van der Waals surface area contributed by atoms with Gasteiger partial charge in [-0.25, -0.2) is 9.78 Å². The molecule has 186 valence electrons. The fourth-order valence-electron chi connectivity index (χ4n) is 2.84. The smallest absolute Gasteiger partial charge is 0.407 e. The first-order chi connectivity index (χ1) is 16.0. The molecule has 0 aliphatic carbocycles. The predicted octanol–water partition coefficient (Wildman–Crippen LogP) is 2.58. The summed E-state index contributed by atoms with van der Waals surface area (Å²) in [5, 5.41) is 9.05. The van der Waals surface area contributed by atoms with Crippen LogP contribution in [0.2, 0.25) is 0 Å². The predicted molar refractivity (Wildman–Crippen MR) is 125 cm³/mol. The van der Waals surface area contributed by atoms with Crippen LogP contribution < -0.4 is 20.3 Å². The molecule has 2 aromatic heterocycles. The van der Waals surface area contributed by atoms with Crippen LogP contribution >= 0.6 is 0 Å². The second-order valence-electron chi connectivity index (χ2n) is 8.84. The molecular weight excluding hydrogens is 442 g/mol. The Labute approximate surface area is 199 Å². The van der Waals surface area contributed by atoms with Crippen LogP contribution in [-0.2, 0) is 9.53 Å². The van der Waals surface area contributed by atoms with Crippen molar-refractivity contribution in [3.8, 4) is 5.88 Å². The average Bonchev–Trinajstić information content (AvgIpc) is 3.29. The van der Waals surface area contributed by atoms with Gasteiger partial charge in [-0.1, -0.05) is 0 Å². The van der Waals surface area contributed by atoms with Gasteiger partial charge >= 0.3 is 6.09 Å². The Morgan fingerprint density at radius 2 is 1.91 bits per heavy atom. The first-order valence-electron chi connectivity index (χ1n) is 11.0. The van der Waals surface area contributed by atoms with Crippen LogP contribution in [-0.4, -0.2) is 66.8 Å². The second-order valence-corrected chi connectivity index (χ2v) is 8.84. The van der Waals surface area contributed by atoms with Gasteiger partial charge in [0.25, 0.3) is 11.8 Å². The normalized spacial score (nSPS) is 11.9. The van der Waals surface area contributed by atoms with E-state index in [1.807, 2.05) is 19.0 Å². The molecular formula is C23H33N5O6. The van der Waals surface area contributed by atoms with E-state index in [9.17, 15) is 14.4 Å². The highest BCUT2D eigenvalue weighted by Crippen LogP contribution is 2.11. The number of carbonyl (C=O) groups is 3. The van der Waals surface area contributed by atoms with Gasteiger partial charge < -0.3 is 29.5 Å². The fraction of sp³-hybridized carbons (Fsp3) is 0.522. The number of ether oxygens (including phenoxy) is 2. The van der Waals surface area contributed by atoms with E-state index in [2.05, 4.69) is 25.3 Å². The molecule has 0 radical (unpaired) electrons. The molecule has 0 aromatic carbocycles. The lowest BCUT2D eigenvalue weighted by Crippen LogP contribution is -2.43. The quantitative estimate of drug-likeness (QED) is 0.444. The highest BCUT2D eigenvalue weighted by molar-refractivity contribution is 5.98. The van der Waals surface area contributed by atoms with E-state index in [4.69, 9.17) is 9.47 Å². The third kappa shape index (κ3) is 9.47. The number of pyridine rings is 1. The largest absolute Gasteiger partial charge is 0.467 e. The minimum atomic E-state index is -0.783. The van der Waals surface area contributed by atoms with Crippen LogP contribution in [0.25, 0.3) is 0 Å². The van der Waals surface area contributed by atoms with Gasteiger partial charge in [0.2, 0.25) is 0 Å². The summed E-state index contributed by atoms with van der Waals surface area (Å²) < 4.78 is 15.2. The Hall–Kier alpha value is -3.63. The van der Waals surface area contributed by atoms with Crippen molar-refractivity contribution in [2.24, 2.45) is 0 Å². The first-order valence-corrected chi connectivity index (χ1v) is 11.0. The van der Waals surface area contributed by atoms with E-state index in [1.54, 1.807) is 32.9 Å². The molecule has 0 saturated carbocycles. The Bertz CT molecular complexity index is 922. The molecule has 2 aromatic rings. The van der Waals surface area contributed by atoms with Gasteiger partial charge in [-0.15, -0.1) is 0 Å². The number of aromatic nitrogens is 2. The number of nitrogens with one attached hydrogen (secondary N) is 2. The molecule has 2 heterocycles. The molecule has 0 aliphatic rings. The van der Waals surface area contributed by atoms with Gasteiger partial charge in [0.1, 0.15) is 17.7 Å². The molecule has 0 bridgehead atoms. The summed E-state index contributed by atoms with van der Waals surface area (Å²) in [5.74, 6) is 0.171. The lowest BCUT2D eigenvalue weighted by Gasteiger charge is -2.20. The topological polar surface area (TPSA) is 136 Å². The number of unbranched alkanes of at least 4 members (excludes halogenated alkanes) is 1. The highest BCUT2D eigenvalue weighted by Gasteiger charge is 2.22. The maximum absolute atomic E-state index is 12.8. The van der Waals surface area contributed by atoms with Crippen molar-refractivity contribution in [3.05, 3.63) is 36.2 Å². The monoisotopic (exact) mass is 475 g/mol. The highest BCUT2D eigenvalue weighted by atomic mass is 16.6. The Morgan fingerprint density at radius 1 is 1.15 bits per heavy atom. The Balaban J connectivity index is 1.91. The van der Waals surface area contributed by atoms with Crippen molar-refractivity contribution in [3.63, 3.8) is 0 Å². The zero-order valence-corrected chi connectivity index (χ0v) is 20.3. The molecule has 0 spiro atoms. The van der Waals surface area contributed by atoms with E-state index >= 15 is 0 Å². The zero-order chi connectivity index (χ0) is 25.1. The summed E-state index contributed by atoms with van der Waals surface area (Å²) in [7, 11) is 3.70. The Kier molecular flexibility index (Phi) is 9.84. The summed E-state index contributed by atoms with van der Waals surface area (Å²) in [6, 6.07) is 4.08. The maximum atomic E-state index is 12.8. The van der Waals surface area contributed by atoms with Crippen molar-refractivity contribution in [1.29, 1.82) is 0 Å². The van der Waals surface area contributed by atoms with Crippen molar-refractivity contribution in [2.75, 3.05) is 32.1 Å². The molecule has 2 amide bonds. The van der Waals surface area contributed by atoms with E-state index in [1.165, 1.54) is 18.5 Å². The lowest BCUT2D eigenvalue weighted by atomic mass is 10.0.